The molecule has 182 valence electrons. The quantitative estimate of drug-likeness (QED) is 0.315. The first kappa shape index (κ1) is 28.4. The van der Waals surface area contributed by atoms with E-state index in [2.05, 4.69) is 69.2 Å². The third kappa shape index (κ3) is 6.92. The van der Waals surface area contributed by atoms with Crippen LogP contribution in [0.2, 0.25) is 0 Å². The van der Waals surface area contributed by atoms with Crippen molar-refractivity contribution in [1.29, 1.82) is 0 Å². The van der Waals surface area contributed by atoms with Crippen LogP contribution in [0, 0.1) is 40.9 Å². The van der Waals surface area contributed by atoms with Gasteiger partial charge in [-0.15, -0.1) is 0 Å². The summed E-state index contributed by atoms with van der Waals surface area (Å²) in [6, 6.07) is 0. The van der Waals surface area contributed by atoms with Gasteiger partial charge in [-0.25, -0.2) is 0 Å². The first-order valence-corrected chi connectivity index (χ1v) is 13.3. The molecule has 0 bridgehead atoms. The number of hydrogen-bond acceptors (Lipinski definition) is 2. The molecule has 0 aromatic carbocycles. The summed E-state index contributed by atoms with van der Waals surface area (Å²) in [4.78, 5) is 13.8. The summed E-state index contributed by atoms with van der Waals surface area (Å²) in [5.41, 5.74) is 8.04. The molecule has 0 saturated heterocycles. The topological polar surface area (TPSA) is 43.1 Å². The number of rotatable bonds is 12. The lowest BCUT2D eigenvalue weighted by molar-refractivity contribution is -0.133. The average molecular weight is 434 g/mol. The molecule has 0 radical (unpaired) electrons. The van der Waals surface area contributed by atoms with Crippen LogP contribution in [0.5, 0.6) is 0 Å². The fourth-order valence-electron chi connectivity index (χ4n) is 7.08. The molecule has 1 aliphatic carbocycles. The van der Waals surface area contributed by atoms with Gasteiger partial charge in [-0.3, -0.25) is 4.79 Å². The Hall–Kier alpha value is -0.630. The van der Waals surface area contributed by atoms with Crippen molar-refractivity contribution in [1.82, 2.24) is 0 Å². The summed E-state index contributed by atoms with van der Waals surface area (Å²) in [5, 5.41) is 0. The molecule has 2 N–H and O–H groups in total. The van der Waals surface area contributed by atoms with Crippen molar-refractivity contribution in [2.75, 3.05) is 0 Å². The molecule has 2 nitrogen and oxygen atoms in total. The van der Waals surface area contributed by atoms with E-state index in [-0.39, 0.29) is 16.9 Å². The van der Waals surface area contributed by atoms with Gasteiger partial charge >= 0.3 is 0 Å². The van der Waals surface area contributed by atoms with E-state index in [1.165, 1.54) is 18.4 Å². The van der Waals surface area contributed by atoms with Crippen molar-refractivity contribution in [3.05, 3.63) is 11.6 Å². The maximum Gasteiger partial charge on any atom is 0.159 e. The predicted molar refractivity (Wildman–Crippen MR) is 137 cm³/mol. The highest BCUT2D eigenvalue weighted by Gasteiger charge is 2.55. The highest BCUT2D eigenvalue weighted by atomic mass is 16.1. The lowest BCUT2D eigenvalue weighted by Gasteiger charge is -2.58. The molecule has 0 aromatic rings. The second-order valence-corrected chi connectivity index (χ2v) is 12.0. The molecular formula is C29H55NO. The molecule has 2 heteroatoms. The highest BCUT2D eigenvalue weighted by Crippen LogP contribution is 2.56. The van der Waals surface area contributed by atoms with Crippen LogP contribution in [0.15, 0.2) is 11.6 Å². The van der Waals surface area contributed by atoms with Gasteiger partial charge in [0.15, 0.2) is 5.78 Å². The van der Waals surface area contributed by atoms with E-state index in [4.69, 9.17) is 5.73 Å². The van der Waals surface area contributed by atoms with E-state index in [1.54, 1.807) is 0 Å². The monoisotopic (exact) mass is 433 g/mol. The molecule has 0 aliphatic heterocycles. The molecule has 0 heterocycles. The van der Waals surface area contributed by atoms with Crippen molar-refractivity contribution in [3.8, 4) is 0 Å². The number of nitrogens with two attached hydrogens (primary N) is 1. The van der Waals surface area contributed by atoms with Crippen molar-refractivity contribution < 1.29 is 4.79 Å². The number of allylic oxidation sites excluding steroid dienone is 2. The van der Waals surface area contributed by atoms with Gasteiger partial charge in [0.1, 0.15) is 0 Å². The smallest absolute Gasteiger partial charge is 0.159 e. The standard InChI is InChI=1S/C29H55NO/c1-11-21(6)19-25(31)27(23(8)18-22(7)15-14-20(4)5)28(9)17-16-24(12-2)29(10,30)26(28)13-3/h19-20,22-24,26-27H,11-18,30H2,1-10H3/b21-19-/t22?,23?,24?,26?,27?,28?,29-/m0/s1. The first-order chi connectivity index (χ1) is 14.3. The van der Waals surface area contributed by atoms with Crippen LogP contribution >= 0.6 is 0 Å². The van der Waals surface area contributed by atoms with Gasteiger partial charge in [-0.05, 0) is 80.6 Å². The Morgan fingerprint density at radius 1 is 1.06 bits per heavy atom. The molecule has 1 saturated carbocycles. The zero-order valence-electron chi connectivity index (χ0n) is 22.7. The molecule has 0 spiro atoms. The minimum absolute atomic E-state index is 0.0390. The van der Waals surface area contributed by atoms with Gasteiger partial charge in [-0.1, -0.05) is 86.6 Å². The predicted octanol–water partition coefficient (Wildman–Crippen LogP) is 8.20. The molecule has 0 amide bonds. The third-order valence-corrected chi connectivity index (χ3v) is 8.90. The average Bonchev–Trinajstić information content (AvgIpc) is 2.66. The summed E-state index contributed by atoms with van der Waals surface area (Å²) in [7, 11) is 0. The Kier molecular flexibility index (Phi) is 11.0. The Balaban J connectivity index is 3.33. The summed E-state index contributed by atoms with van der Waals surface area (Å²) >= 11 is 0. The van der Waals surface area contributed by atoms with Crippen molar-refractivity contribution in [2.45, 2.75) is 126 Å². The van der Waals surface area contributed by atoms with Crippen molar-refractivity contribution in [2.24, 2.45) is 46.7 Å². The SMILES string of the molecule is CC/C(C)=C\C(=O)C(C(C)CC(C)CCC(C)C)C1(C)CCC(CC)[C@](C)(N)C1CC. The summed E-state index contributed by atoms with van der Waals surface area (Å²) in [5.74, 6) is 3.11. The summed E-state index contributed by atoms with van der Waals surface area (Å²) in [6.07, 6.45) is 11.0. The number of carbonyl (C=O) groups excluding carboxylic acids is 1. The first-order valence-electron chi connectivity index (χ1n) is 13.3. The second kappa shape index (κ2) is 12.0. The van der Waals surface area contributed by atoms with Crippen molar-refractivity contribution >= 4 is 5.78 Å². The van der Waals surface area contributed by atoms with Crippen molar-refractivity contribution in [3.63, 3.8) is 0 Å². The van der Waals surface area contributed by atoms with E-state index >= 15 is 0 Å². The fraction of sp³-hybridized carbons (Fsp3) is 0.897. The maximum atomic E-state index is 13.8. The van der Waals surface area contributed by atoms with Gasteiger partial charge in [0, 0.05) is 11.5 Å². The second-order valence-electron chi connectivity index (χ2n) is 12.0. The molecule has 6 unspecified atom stereocenters. The Morgan fingerprint density at radius 3 is 2.16 bits per heavy atom. The zero-order chi connectivity index (χ0) is 24.0. The number of carbonyl (C=O) groups is 1. The highest BCUT2D eigenvalue weighted by molar-refractivity contribution is 5.93. The minimum atomic E-state index is -0.207. The Bertz CT molecular complexity index is 590. The van der Waals surface area contributed by atoms with Crippen LogP contribution < -0.4 is 5.73 Å². The van der Waals surface area contributed by atoms with Crippen LogP contribution in [0.1, 0.15) is 121 Å². The van der Waals surface area contributed by atoms with E-state index in [0.717, 1.165) is 44.4 Å². The largest absolute Gasteiger partial charge is 0.325 e. The Morgan fingerprint density at radius 2 is 1.68 bits per heavy atom. The minimum Gasteiger partial charge on any atom is -0.325 e. The molecule has 31 heavy (non-hydrogen) atoms. The van der Waals surface area contributed by atoms with E-state index in [9.17, 15) is 4.79 Å². The molecular weight excluding hydrogens is 378 g/mol. The molecule has 0 aromatic heterocycles. The van der Waals surface area contributed by atoms with E-state index in [0.29, 0.717) is 29.5 Å². The van der Waals surface area contributed by atoms with Gasteiger partial charge in [0.25, 0.3) is 0 Å². The molecule has 1 fully saturated rings. The van der Waals surface area contributed by atoms with Crippen LogP contribution in [-0.2, 0) is 4.79 Å². The van der Waals surface area contributed by atoms with Gasteiger partial charge < -0.3 is 5.73 Å². The lowest BCUT2D eigenvalue weighted by Crippen LogP contribution is -2.62. The zero-order valence-corrected chi connectivity index (χ0v) is 22.7. The molecule has 1 rings (SSSR count). The van der Waals surface area contributed by atoms with Gasteiger partial charge in [0.05, 0.1) is 0 Å². The number of ketones is 1. The van der Waals surface area contributed by atoms with Crippen LogP contribution in [-0.4, -0.2) is 11.3 Å². The van der Waals surface area contributed by atoms with E-state index in [1.807, 2.05) is 6.08 Å². The molecule has 7 atom stereocenters. The van der Waals surface area contributed by atoms with Crippen LogP contribution in [0.3, 0.4) is 0 Å². The van der Waals surface area contributed by atoms with Crippen LogP contribution in [0.4, 0.5) is 0 Å². The number of hydrogen-bond donors (Lipinski definition) is 1. The fourth-order valence-corrected chi connectivity index (χ4v) is 7.08. The molecule has 1 aliphatic rings. The van der Waals surface area contributed by atoms with Gasteiger partial charge in [0.2, 0.25) is 0 Å². The summed E-state index contributed by atoms with van der Waals surface area (Å²) < 4.78 is 0. The third-order valence-electron chi connectivity index (χ3n) is 8.90. The normalized spacial score (nSPS) is 32.7. The lowest BCUT2D eigenvalue weighted by atomic mass is 9.48. The van der Waals surface area contributed by atoms with Gasteiger partial charge in [-0.2, -0.15) is 0 Å². The Labute approximate surface area is 195 Å². The van der Waals surface area contributed by atoms with Crippen LogP contribution in [0.25, 0.3) is 0 Å². The van der Waals surface area contributed by atoms with E-state index < -0.39 is 0 Å². The maximum absolute atomic E-state index is 13.8. The summed E-state index contributed by atoms with van der Waals surface area (Å²) in [6.45, 7) is 22.8.